The Morgan fingerprint density at radius 3 is 0.463 bits per heavy atom. The van der Waals surface area contributed by atoms with Crippen LogP contribution in [0.2, 0.25) is 0 Å². The number of hydrogen-bond donors (Lipinski definition) is 0. The van der Waals surface area contributed by atoms with Gasteiger partial charge >= 0.3 is 0 Å². The number of benzene rings is 6. The monoisotopic (exact) mass is 1070 g/mol. The first-order valence-electron chi connectivity index (χ1n) is 26.1. The Morgan fingerprint density at radius 1 is 0.175 bits per heavy atom. The van der Waals surface area contributed by atoms with E-state index in [0.29, 0.717) is 33.4 Å². The van der Waals surface area contributed by atoms with Crippen LogP contribution < -0.4 is 0 Å². The summed E-state index contributed by atoms with van der Waals surface area (Å²) in [6.07, 6.45) is 0. The maximum atomic E-state index is 14.2. The van der Waals surface area contributed by atoms with E-state index in [2.05, 4.69) is 0 Å². The summed E-state index contributed by atoms with van der Waals surface area (Å²) >= 11 is 0. The lowest BCUT2D eigenvalue weighted by molar-refractivity contribution is 0.0564. The third-order valence-electron chi connectivity index (χ3n) is 16.7. The second kappa shape index (κ2) is 17.8. The highest BCUT2D eigenvalue weighted by molar-refractivity contribution is 6.26. The zero-order valence-corrected chi connectivity index (χ0v) is 42.4. The van der Waals surface area contributed by atoms with E-state index >= 15 is 0 Å². The molecule has 0 saturated carbocycles. The first-order chi connectivity index (χ1) is 38.6. The van der Waals surface area contributed by atoms with Gasteiger partial charge < -0.3 is 0 Å². The van der Waals surface area contributed by atoms with Gasteiger partial charge in [-0.2, -0.15) is 0 Å². The third kappa shape index (κ3) is 7.21. The highest BCUT2D eigenvalue weighted by atomic mass is 16.2. The lowest BCUT2D eigenvalue weighted by atomic mass is 9.97. The van der Waals surface area contributed by atoms with Crippen LogP contribution in [-0.2, 0) is 0 Å². The fourth-order valence-electron chi connectivity index (χ4n) is 12.2. The molecule has 15 rings (SSSR count). The van der Waals surface area contributed by atoms with Crippen molar-refractivity contribution in [2.24, 2.45) is 0 Å². The Morgan fingerprint density at radius 2 is 0.312 bits per heavy atom. The quantitative estimate of drug-likeness (QED) is 0.193. The van der Waals surface area contributed by atoms with E-state index < -0.39 is 70.9 Å². The van der Waals surface area contributed by atoms with Crippen molar-refractivity contribution in [1.82, 2.24) is 39.2 Å². The number of imide groups is 6. The first kappa shape index (κ1) is 48.5. The maximum absolute atomic E-state index is 14.2. The lowest BCUT2D eigenvalue weighted by Gasteiger charge is -2.28. The highest BCUT2D eigenvalue weighted by Gasteiger charge is 2.43. The molecule has 20 nitrogen and oxygen atoms in total. The molecule has 12 amide bonds. The minimum absolute atomic E-state index is 0.0118. The predicted octanol–water partition coefficient (Wildman–Crippen LogP) is 4.30. The van der Waals surface area contributed by atoms with E-state index in [1.165, 1.54) is 36.4 Å². The van der Waals surface area contributed by atoms with Crippen LogP contribution in [0.3, 0.4) is 0 Å². The average Bonchev–Trinajstić information content (AvgIpc) is 4.26. The van der Waals surface area contributed by atoms with Crippen molar-refractivity contribution in [3.05, 3.63) is 176 Å². The Balaban J connectivity index is 0.876. The van der Waals surface area contributed by atoms with Gasteiger partial charge in [0.05, 0.1) is 66.8 Å². The molecule has 0 unspecified atom stereocenters. The maximum Gasteiger partial charge on any atom is 0.261 e. The molecule has 0 saturated heterocycles. The standard InChI is InChI=1S/C60H42N8O12/c69-49-37-7-1-31-25-43(37)55(75)63(49)19-13-61-15-21-65-51(71)39-9-3-33(27-45(39)57(65)77)35-5-11-41-47(29-35)59(79)67(53(41)73)23-17-62(14-20-64-50(70)38-8-2-32(31)26-44(38)56(64)76)18-24-68-54(74)42-12-6-36(30-48(42)60(68)80)34-4-10-40-46(28-34)58(78)66(22-16-61)52(40)72/h1-12,25-30H,13-24H2. The summed E-state index contributed by atoms with van der Waals surface area (Å²) < 4.78 is 0. The van der Waals surface area contributed by atoms with Crippen molar-refractivity contribution in [2.75, 3.05) is 78.5 Å². The lowest BCUT2D eigenvalue weighted by Crippen LogP contribution is -2.45. The van der Waals surface area contributed by atoms with Gasteiger partial charge in [0, 0.05) is 78.5 Å². The molecular formula is C60H42N8O12. The van der Waals surface area contributed by atoms with Gasteiger partial charge in [-0.05, 0) is 106 Å². The molecule has 0 aromatic heterocycles. The van der Waals surface area contributed by atoms with Crippen LogP contribution in [0.25, 0.3) is 33.4 Å². The topological polar surface area (TPSA) is 231 Å². The number of nitrogens with zero attached hydrogens (tertiary/aromatic N) is 8. The number of carbonyl (C=O) groups is 12. The van der Waals surface area contributed by atoms with E-state index in [1.54, 1.807) is 82.6 Å². The van der Waals surface area contributed by atoms with Crippen molar-refractivity contribution in [1.29, 1.82) is 0 Å². The Kier molecular flexibility index (Phi) is 10.8. The molecule has 20 heteroatoms. The second-order valence-electron chi connectivity index (χ2n) is 20.8. The number of amides is 12. The van der Waals surface area contributed by atoms with Crippen LogP contribution in [0.4, 0.5) is 0 Å². The number of carbonyl (C=O) groups excluding carboxylic acids is 12. The van der Waals surface area contributed by atoms with E-state index in [0.717, 1.165) is 29.4 Å². The highest BCUT2D eigenvalue weighted by Crippen LogP contribution is 2.37. The van der Waals surface area contributed by atoms with Crippen molar-refractivity contribution < 1.29 is 57.5 Å². The number of hydrogen-bond acceptors (Lipinski definition) is 14. The number of fused-ring (bicyclic) bond motifs is 6. The van der Waals surface area contributed by atoms with Gasteiger partial charge in [0.15, 0.2) is 0 Å². The fraction of sp³-hybridized carbons (Fsp3) is 0.200. The Labute approximate surface area is 453 Å². The van der Waals surface area contributed by atoms with E-state index in [-0.39, 0.29) is 145 Å². The normalized spacial score (nSPS) is 20.6. The zero-order valence-electron chi connectivity index (χ0n) is 42.4. The van der Waals surface area contributed by atoms with E-state index in [9.17, 15) is 57.5 Å². The summed E-state index contributed by atoms with van der Waals surface area (Å²) in [5, 5.41) is 0. The van der Waals surface area contributed by atoms with E-state index in [1.807, 2.05) is 0 Å². The summed E-state index contributed by atoms with van der Waals surface area (Å²) in [5.41, 5.74) is 4.35. The molecule has 9 aliphatic rings. The Hall–Kier alpha value is -9.92. The van der Waals surface area contributed by atoms with Crippen LogP contribution in [0, 0.1) is 0 Å². The molecule has 6 aromatic carbocycles. The molecule has 0 N–H and O–H groups in total. The molecule has 0 radical (unpaired) electrons. The SMILES string of the molecule is O=C1c2ccc3cc2C(=O)N1CCN1CCN2C(=O)c4ccc(cc4C2=O)-c2ccc4c(c2)C(=O)N(CCN(CCN2C(=O)c5ccc-3cc5C2=O)CCN2C(=O)c3ccc(cc3C2=O)-c2ccc3c(c2)C(=O)N(CC1)C3=O)C4=O. The minimum Gasteiger partial charge on any atom is -0.298 e. The molecule has 6 aromatic rings. The average molecular weight is 1070 g/mol. The number of rotatable bonds is 0. The van der Waals surface area contributed by atoms with Gasteiger partial charge in [0.1, 0.15) is 0 Å². The minimum atomic E-state index is -0.593. The largest absolute Gasteiger partial charge is 0.298 e. The van der Waals surface area contributed by atoms with Gasteiger partial charge in [0.25, 0.3) is 70.9 Å². The summed E-state index contributed by atoms with van der Waals surface area (Å²) in [6, 6.07) is 28.2. The smallest absolute Gasteiger partial charge is 0.261 e. The van der Waals surface area contributed by atoms with Crippen LogP contribution >= 0.6 is 0 Å². The molecule has 80 heavy (non-hydrogen) atoms. The molecule has 0 aliphatic carbocycles. The summed E-state index contributed by atoms with van der Waals surface area (Å²) in [6.45, 7) is -1.07. The summed E-state index contributed by atoms with van der Waals surface area (Å²) in [5.74, 6) is -6.96. The molecular weight excluding hydrogens is 1020 g/mol. The van der Waals surface area contributed by atoms with Gasteiger partial charge in [-0.1, -0.05) is 36.4 Å². The second-order valence-corrected chi connectivity index (χ2v) is 20.8. The first-order valence-corrected chi connectivity index (χ1v) is 26.1. The molecule has 394 valence electrons. The molecule has 0 atom stereocenters. The van der Waals surface area contributed by atoms with Crippen molar-refractivity contribution in [2.45, 2.75) is 0 Å². The molecule has 9 heterocycles. The zero-order chi connectivity index (χ0) is 55.2. The fourth-order valence-corrected chi connectivity index (χ4v) is 12.2. The third-order valence-corrected chi connectivity index (χ3v) is 16.7. The van der Waals surface area contributed by atoms with Crippen molar-refractivity contribution in [3.63, 3.8) is 0 Å². The molecule has 0 fully saturated rings. The summed E-state index contributed by atoms with van der Waals surface area (Å²) in [4.78, 5) is 179. The van der Waals surface area contributed by atoms with Gasteiger partial charge in [-0.15, -0.1) is 0 Å². The summed E-state index contributed by atoms with van der Waals surface area (Å²) in [7, 11) is 0. The predicted molar refractivity (Wildman–Crippen MR) is 281 cm³/mol. The van der Waals surface area contributed by atoms with Gasteiger partial charge in [0.2, 0.25) is 0 Å². The van der Waals surface area contributed by atoms with Crippen LogP contribution in [0.15, 0.2) is 109 Å². The van der Waals surface area contributed by atoms with Crippen LogP contribution in [0.5, 0.6) is 0 Å². The van der Waals surface area contributed by atoms with E-state index in [4.69, 9.17) is 0 Å². The van der Waals surface area contributed by atoms with Crippen LogP contribution in [0.1, 0.15) is 124 Å². The van der Waals surface area contributed by atoms with Crippen LogP contribution in [-0.4, -0.2) is 189 Å². The molecule has 9 aliphatic heterocycles. The van der Waals surface area contributed by atoms with Crippen molar-refractivity contribution in [3.8, 4) is 33.4 Å². The molecule has 0 spiro atoms. The van der Waals surface area contributed by atoms with Crippen molar-refractivity contribution >= 4 is 70.9 Å². The van der Waals surface area contributed by atoms with Gasteiger partial charge in [-0.3, -0.25) is 96.7 Å². The van der Waals surface area contributed by atoms with Gasteiger partial charge in [-0.25, -0.2) is 0 Å². The Bertz CT molecular complexity index is 3370. The molecule has 20 bridgehead atoms.